The van der Waals surface area contributed by atoms with Crippen molar-refractivity contribution >= 4 is 28.7 Å². The third-order valence-electron chi connectivity index (χ3n) is 2.76. The first kappa shape index (κ1) is 13.9. The van der Waals surface area contributed by atoms with Crippen LogP contribution in [-0.2, 0) is 0 Å². The molecule has 5 heteroatoms. The topological polar surface area (TPSA) is 35.5 Å². The minimum atomic E-state index is -0.183. The maximum atomic E-state index is 12.6. The van der Waals surface area contributed by atoms with Gasteiger partial charge in [-0.25, -0.2) is 0 Å². The molecule has 1 aromatic carbocycles. The van der Waals surface area contributed by atoms with E-state index in [0.29, 0.717) is 27.0 Å². The quantitative estimate of drug-likeness (QED) is 0.801. The first-order valence-corrected chi connectivity index (χ1v) is 6.85. The molecule has 0 spiro atoms. The van der Waals surface area contributed by atoms with Crippen LogP contribution in [0.5, 0.6) is 11.5 Å². The molecule has 0 radical (unpaired) electrons. The average Bonchev–Trinajstić information content (AvgIpc) is 2.77. The lowest BCUT2D eigenvalue weighted by Gasteiger charge is -2.11. The minimum Gasteiger partial charge on any atom is -0.496 e. The highest BCUT2D eigenvalue weighted by Gasteiger charge is 2.23. The average molecular weight is 297 g/mol. The van der Waals surface area contributed by atoms with E-state index in [2.05, 4.69) is 0 Å². The summed E-state index contributed by atoms with van der Waals surface area (Å²) in [5, 5.41) is 2.35. The monoisotopic (exact) mass is 296 g/mol. The Balaban J connectivity index is 2.58. The number of ether oxygens (including phenoxy) is 2. The summed E-state index contributed by atoms with van der Waals surface area (Å²) in [5.41, 5.74) is 1.29. The van der Waals surface area contributed by atoms with Gasteiger partial charge in [0.1, 0.15) is 17.1 Å². The Kier molecular flexibility index (Phi) is 4.12. The molecule has 1 aromatic heterocycles. The molecule has 0 aliphatic heterocycles. The van der Waals surface area contributed by atoms with Crippen LogP contribution in [-0.4, -0.2) is 20.0 Å². The largest absolute Gasteiger partial charge is 0.496 e. The summed E-state index contributed by atoms with van der Waals surface area (Å²) in [4.78, 5) is 13.1. The zero-order chi connectivity index (χ0) is 14.0. The Labute approximate surface area is 120 Å². The number of methoxy groups -OCH3 is 2. The van der Waals surface area contributed by atoms with Crippen molar-refractivity contribution in [3.05, 3.63) is 44.6 Å². The van der Waals surface area contributed by atoms with Crippen LogP contribution in [0.1, 0.15) is 20.8 Å². The Morgan fingerprint density at radius 1 is 1.21 bits per heavy atom. The van der Waals surface area contributed by atoms with Crippen LogP contribution in [0.3, 0.4) is 0 Å². The van der Waals surface area contributed by atoms with E-state index in [1.807, 2.05) is 12.3 Å². The van der Waals surface area contributed by atoms with Gasteiger partial charge in [0.2, 0.25) is 5.78 Å². The summed E-state index contributed by atoms with van der Waals surface area (Å²) in [6.45, 7) is 1.87. The van der Waals surface area contributed by atoms with Crippen molar-refractivity contribution in [2.45, 2.75) is 6.92 Å². The van der Waals surface area contributed by atoms with Crippen molar-refractivity contribution in [1.82, 2.24) is 0 Å². The Morgan fingerprint density at radius 3 is 2.21 bits per heavy atom. The molecule has 2 aromatic rings. The molecule has 0 amide bonds. The van der Waals surface area contributed by atoms with Crippen LogP contribution in [0.15, 0.2) is 23.6 Å². The second-order valence-corrected chi connectivity index (χ2v) is 5.19. The molecule has 3 nitrogen and oxygen atoms in total. The van der Waals surface area contributed by atoms with Gasteiger partial charge in [-0.05, 0) is 30.0 Å². The van der Waals surface area contributed by atoms with Gasteiger partial charge in [-0.3, -0.25) is 4.79 Å². The molecule has 0 saturated carbocycles. The van der Waals surface area contributed by atoms with Crippen LogP contribution in [0, 0.1) is 6.92 Å². The fourth-order valence-electron chi connectivity index (χ4n) is 1.77. The van der Waals surface area contributed by atoms with Gasteiger partial charge in [0, 0.05) is 0 Å². The summed E-state index contributed by atoms with van der Waals surface area (Å²) in [7, 11) is 3.04. The highest BCUT2D eigenvalue weighted by Crippen LogP contribution is 2.35. The van der Waals surface area contributed by atoms with Gasteiger partial charge in [-0.15, -0.1) is 11.3 Å². The summed E-state index contributed by atoms with van der Waals surface area (Å²) < 4.78 is 10.5. The number of hydrogen-bond acceptors (Lipinski definition) is 4. The summed E-state index contributed by atoms with van der Waals surface area (Å²) >= 11 is 7.48. The van der Waals surface area contributed by atoms with Crippen LogP contribution in [0.4, 0.5) is 0 Å². The number of rotatable bonds is 4. The van der Waals surface area contributed by atoms with Crippen molar-refractivity contribution in [2.24, 2.45) is 0 Å². The van der Waals surface area contributed by atoms with Crippen LogP contribution in [0.2, 0.25) is 5.02 Å². The molecule has 2 rings (SSSR count). The lowest BCUT2D eigenvalue weighted by molar-refractivity contribution is 0.103. The molecular formula is C14H13ClO3S. The lowest BCUT2D eigenvalue weighted by atomic mass is 10.1. The molecular weight excluding hydrogens is 284 g/mol. The van der Waals surface area contributed by atoms with Gasteiger partial charge >= 0.3 is 0 Å². The van der Waals surface area contributed by atoms with Crippen molar-refractivity contribution in [2.75, 3.05) is 14.2 Å². The molecule has 0 aliphatic rings. The maximum Gasteiger partial charge on any atom is 0.211 e. The highest BCUT2D eigenvalue weighted by atomic mass is 35.5. The van der Waals surface area contributed by atoms with Crippen molar-refractivity contribution in [3.63, 3.8) is 0 Å². The number of hydrogen-bond donors (Lipinski definition) is 0. The SMILES string of the molecule is COc1cccc(OC)c1C(=O)c1scc(C)c1Cl. The molecule has 100 valence electrons. The predicted molar refractivity (Wildman–Crippen MR) is 77.0 cm³/mol. The van der Waals surface area contributed by atoms with Crippen molar-refractivity contribution in [1.29, 1.82) is 0 Å². The van der Waals surface area contributed by atoms with Crippen molar-refractivity contribution < 1.29 is 14.3 Å². The Bertz CT molecular complexity index is 597. The van der Waals surface area contributed by atoms with Crippen LogP contribution in [0.25, 0.3) is 0 Å². The molecule has 1 heterocycles. The first-order valence-electron chi connectivity index (χ1n) is 5.59. The number of carbonyl (C=O) groups is 1. The molecule has 0 aliphatic carbocycles. The van der Waals surface area contributed by atoms with E-state index >= 15 is 0 Å². The van der Waals surface area contributed by atoms with Gasteiger partial charge in [0.25, 0.3) is 0 Å². The molecule has 19 heavy (non-hydrogen) atoms. The number of thiophene rings is 1. The lowest BCUT2D eigenvalue weighted by Crippen LogP contribution is -2.05. The molecule has 0 N–H and O–H groups in total. The maximum absolute atomic E-state index is 12.6. The van der Waals surface area contributed by atoms with E-state index in [0.717, 1.165) is 5.56 Å². The normalized spacial score (nSPS) is 10.3. The van der Waals surface area contributed by atoms with Gasteiger partial charge in [-0.1, -0.05) is 17.7 Å². The van der Waals surface area contributed by atoms with E-state index in [1.165, 1.54) is 25.6 Å². The van der Waals surface area contributed by atoms with Crippen LogP contribution < -0.4 is 9.47 Å². The van der Waals surface area contributed by atoms with E-state index in [1.54, 1.807) is 18.2 Å². The van der Waals surface area contributed by atoms with E-state index in [9.17, 15) is 4.79 Å². The third kappa shape index (κ3) is 2.46. The zero-order valence-corrected chi connectivity index (χ0v) is 12.4. The second-order valence-electron chi connectivity index (χ2n) is 3.93. The number of carbonyl (C=O) groups excluding carboxylic acids is 1. The smallest absolute Gasteiger partial charge is 0.211 e. The zero-order valence-electron chi connectivity index (χ0n) is 10.8. The number of ketones is 1. The van der Waals surface area contributed by atoms with Crippen LogP contribution >= 0.6 is 22.9 Å². The number of aryl methyl sites for hydroxylation is 1. The summed E-state index contributed by atoms with van der Waals surface area (Å²) in [6.07, 6.45) is 0. The van der Waals surface area contributed by atoms with Gasteiger partial charge in [-0.2, -0.15) is 0 Å². The van der Waals surface area contributed by atoms with Gasteiger partial charge in [0.15, 0.2) is 0 Å². The fraction of sp³-hybridized carbons (Fsp3) is 0.214. The predicted octanol–water partition coefficient (Wildman–Crippen LogP) is 3.96. The first-order chi connectivity index (χ1) is 9.10. The van der Waals surface area contributed by atoms with E-state index in [-0.39, 0.29) is 5.78 Å². The highest BCUT2D eigenvalue weighted by molar-refractivity contribution is 7.13. The van der Waals surface area contributed by atoms with Gasteiger partial charge in [0.05, 0.1) is 24.1 Å². The summed E-state index contributed by atoms with van der Waals surface area (Å²) in [5.74, 6) is 0.773. The van der Waals surface area contributed by atoms with E-state index < -0.39 is 0 Å². The van der Waals surface area contributed by atoms with Gasteiger partial charge < -0.3 is 9.47 Å². The molecule has 0 atom stereocenters. The second kappa shape index (κ2) is 5.63. The molecule has 0 saturated heterocycles. The molecule has 0 fully saturated rings. The van der Waals surface area contributed by atoms with Crippen molar-refractivity contribution in [3.8, 4) is 11.5 Å². The summed E-state index contributed by atoms with van der Waals surface area (Å²) in [6, 6.07) is 5.23. The number of benzene rings is 1. The Hall–Kier alpha value is -1.52. The third-order valence-corrected chi connectivity index (χ3v) is 4.46. The molecule has 0 bridgehead atoms. The Morgan fingerprint density at radius 2 is 1.79 bits per heavy atom. The van der Waals surface area contributed by atoms with E-state index in [4.69, 9.17) is 21.1 Å². The fourth-order valence-corrected chi connectivity index (χ4v) is 3.00. The standard InChI is InChI=1S/C14H13ClO3S/c1-8-7-19-14(12(8)15)13(16)11-9(17-2)5-4-6-10(11)18-3/h4-7H,1-3H3. The number of halogens is 1. The minimum absolute atomic E-state index is 0.183. The molecule has 0 unspecified atom stereocenters.